The highest BCUT2D eigenvalue weighted by molar-refractivity contribution is 9.10. The Bertz CT molecular complexity index is 454. The smallest absolute Gasteiger partial charge is 0.283 e. The molecule has 0 aliphatic carbocycles. The van der Waals surface area contributed by atoms with Crippen LogP contribution in [0.1, 0.15) is 26.2 Å². The van der Waals surface area contributed by atoms with E-state index in [1.165, 1.54) is 23.9 Å². The van der Waals surface area contributed by atoms with Crippen molar-refractivity contribution in [3.63, 3.8) is 0 Å². The Hall–Kier alpha value is -0.880. The van der Waals surface area contributed by atoms with Crippen LogP contribution in [0, 0.1) is 0 Å². The number of halogens is 1. The van der Waals surface area contributed by atoms with E-state index < -0.39 is 0 Å². The summed E-state index contributed by atoms with van der Waals surface area (Å²) in [6, 6.07) is 0.485. The summed E-state index contributed by atoms with van der Waals surface area (Å²) in [7, 11) is 0. The van der Waals surface area contributed by atoms with Crippen molar-refractivity contribution in [2.24, 2.45) is 0 Å². The Morgan fingerprint density at radius 1 is 1.61 bits per heavy atom. The van der Waals surface area contributed by atoms with Gasteiger partial charge in [-0.2, -0.15) is 5.10 Å². The van der Waals surface area contributed by atoms with E-state index in [1.807, 2.05) is 6.92 Å². The van der Waals surface area contributed by atoms with E-state index in [9.17, 15) is 4.79 Å². The van der Waals surface area contributed by atoms with Gasteiger partial charge in [-0.25, -0.2) is 4.68 Å². The van der Waals surface area contributed by atoms with E-state index in [-0.39, 0.29) is 5.56 Å². The molecule has 0 aromatic carbocycles. The zero-order valence-electron chi connectivity index (χ0n) is 10.6. The molecule has 5 nitrogen and oxygen atoms in total. The van der Waals surface area contributed by atoms with Crippen LogP contribution >= 0.6 is 15.9 Å². The summed E-state index contributed by atoms with van der Waals surface area (Å²) in [6.07, 6.45) is 5.42. The molecule has 0 bridgehead atoms. The van der Waals surface area contributed by atoms with Crippen LogP contribution in [-0.4, -0.2) is 28.9 Å². The summed E-state index contributed by atoms with van der Waals surface area (Å²) in [5.41, 5.74) is 0.691. The summed E-state index contributed by atoms with van der Waals surface area (Å²) in [5.74, 6) is 0. The lowest BCUT2D eigenvalue weighted by molar-refractivity contribution is 0.414. The van der Waals surface area contributed by atoms with Crippen molar-refractivity contribution < 1.29 is 0 Å². The van der Waals surface area contributed by atoms with Crippen molar-refractivity contribution in [3.8, 4) is 0 Å². The Morgan fingerprint density at radius 3 is 3.11 bits per heavy atom. The molecule has 1 fully saturated rings. The predicted octanol–water partition coefficient (Wildman–Crippen LogP) is 1.58. The molecule has 1 aromatic heterocycles. The summed E-state index contributed by atoms with van der Waals surface area (Å²) in [6.45, 7) is 4.40. The maximum absolute atomic E-state index is 11.9. The van der Waals surface area contributed by atoms with Gasteiger partial charge in [0.05, 0.1) is 11.9 Å². The van der Waals surface area contributed by atoms with Gasteiger partial charge in [0, 0.05) is 19.1 Å². The number of hydrogen-bond acceptors (Lipinski definition) is 4. The zero-order chi connectivity index (χ0) is 13.0. The summed E-state index contributed by atoms with van der Waals surface area (Å²) in [5, 5.41) is 10.9. The van der Waals surface area contributed by atoms with Crippen LogP contribution in [0.3, 0.4) is 0 Å². The first-order chi connectivity index (χ1) is 8.72. The lowest BCUT2D eigenvalue weighted by atomic mass is 10.1. The SMILES string of the molecule is CCn1ncc(NCC2CCCCN2)c(Br)c1=O. The van der Waals surface area contributed by atoms with Crippen LogP contribution in [0.15, 0.2) is 15.5 Å². The Morgan fingerprint density at radius 2 is 2.44 bits per heavy atom. The van der Waals surface area contributed by atoms with Gasteiger partial charge in [0.25, 0.3) is 5.56 Å². The fraction of sp³-hybridized carbons (Fsp3) is 0.667. The molecule has 0 spiro atoms. The molecule has 1 unspecified atom stereocenters. The normalized spacial score (nSPS) is 19.8. The first-order valence-electron chi connectivity index (χ1n) is 6.45. The molecular formula is C12H19BrN4O. The lowest BCUT2D eigenvalue weighted by Crippen LogP contribution is -2.39. The van der Waals surface area contributed by atoms with Gasteiger partial charge in [0.1, 0.15) is 4.47 Å². The molecule has 1 aromatic rings. The van der Waals surface area contributed by atoms with E-state index in [0.29, 0.717) is 17.1 Å². The molecule has 6 heteroatoms. The third-order valence-electron chi connectivity index (χ3n) is 3.24. The van der Waals surface area contributed by atoms with E-state index in [2.05, 4.69) is 31.7 Å². The minimum absolute atomic E-state index is 0.0842. The Kier molecular flexibility index (Phi) is 4.77. The van der Waals surface area contributed by atoms with Crippen LogP contribution in [0.2, 0.25) is 0 Å². The third kappa shape index (κ3) is 3.11. The summed E-state index contributed by atoms with van der Waals surface area (Å²) in [4.78, 5) is 11.9. The minimum atomic E-state index is -0.0842. The number of hydrogen-bond donors (Lipinski definition) is 2. The minimum Gasteiger partial charge on any atom is -0.381 e. The molecule has 2 rings (SSSR count). The molecule has 1 aliphatic rings. The maximum atomic E-state index is 11.9. The molecule has 1 atom stereocenters. The van der Waals surface area contributed by atoms with Crippen LogP contribution in [0.25, 0.3) is 0 Å². The number of nitrogens with zero attached hydrogens (tertiary/aromatic N) is 2. The molecule has 0 saturated carbocycles. The monoisotopic (exact) mass is 314 g/mol. The fourth-order valence-electron chi connectivity index (χ4n) is 2.14. The molecule has 18 heavy (non-hydrogen) atoms. The summed E-state index contributed by atoms with van der Waals surface area (Å²) >= 11 is 3.34. The van der Waals surface area contributed by atoms with Crippen LogP contribution in [0.5, 0.6) is 0 Å². The number of piperidine rings is 1. The van der Waals surface area contributed by atoms with Crippen LogP contribution < -0.4 is 16.2 Å². The van der Waals surface area contributed by atoms with E-state index in [1.54, 1.807) is 6.20 Å². The third-order valence-corrected chi connectivity index (χ3v) is 4.00. The van der Waals surface area contributed by atoms with Gasteiger partial charge in [-0.1, -0.05) is 6.42 Å². The van der Waals surface area contributed by atoms with Gasteiger partial charge < -0.3 is 10.6 Å². The van der Waals surface area contributed by atoms with Crippen molar-refractivity contribution in [2.45, 2.75) is 38.8 Å². The number of nitrogens with one attached hydrogen (secondary N) is 2. The largest absolute Gasteiger partial charge is 0.381 e. The number of aromatic nitrogens is 2. The highest BCUT2D eigenvalue weighted by atomic mass is 79.9. The summed E-state index contributed by atoms with van der Waals surface area (Å²) < 4.78 is 2.00. The van der Waals surface area contributed by atoms with Gasteiger partial charge in [0.15, 0.2) is 0 Å². The van der Waals surface area contributed by atoms with Gasteiger partial charge in [0.2, 0.25) is 0 Å². The van der Waals surface area contributed by atoms with Crippen molar-refractivity contribution in [3.05, 3.63) is 21.0 Å². The van der Waals surface area contributed by atoms with Gasteiger partial charge in [-0.15, -0.1) is 0 Å². The second-order valence-electron chi connectivity index (χ2n) is 4.52. The number of rotatable bonds is 4. The van der Waals surface area contributed by atoms with E-state index in [0.717, 1.165) is 18.8 Å². The number of anilines is 1. The fourth-order valence-corrected chi connectivity index (χ4v) is 2.59. The average Bonchev–Trinajstić information content (AvgIpc) is 2.42. The highest BCUT2D eigenvalue weighted by Crippen LogP contribution is 2.17. The van der Waals surface area contributed by atoms with Gasteiger partial charge >= 0.3 is 0 Å². The van der Waals surface area contributed by atoms with E-state index in [4.69, 9.17) is 0 Å². The molecule has 0 radical (unpaired) electrons. The van der Waals surface area contributed by atoms with Gasteiger partial charge in [-0.3, -0.25) is 4.79 Å². The first-order valence-corrected chi connectivity index (χ1v) is 7.24. The second kappa shape index (κ2) is 6.33. The zero-order valence-corrected chi connectivity index (χ0v) is 12.2. The van der Waals surface area contributed by atoms with Crippen molar-refractivity contribution in [1.29, 1.82) is 0 Å². The quantitative estimate of drug-likeness (QED) is 0.886. The Labute approximate surface area is 115 Å². The predicted molar refractivity (Wildman–Crippen MR) is 76.0 cm³/mol. The van der Waals surface area contributed by atoms with E-state index >= 15 is 0 Å². The van der Waals surface area contributed by atoms with Crippen LogP contribution in [-0.2, 0) is 6.54 Å². The molecule has 1 saturated heterocycles. The molecule has 1 aliphatic heterocycles. The van der Waals surface area contributed by atoms with Crippen LogP contribution in [0.4, 0.5) is 5.69 Å². The van der Waals surface area contributed by atoms with Crippen molar-refractivity contribution in [1.82, 2.24) is 15.1 Å². The molecular weight excluding hydrogens is 296 g/mol. The Balaban J connectivity index is 2.01. The standard InChI is InChI=1S/C12H19BrN4O/c1-2-17-12(18)11(13)10(8-16-17)15-7-9-5-3-4-6-14-9/h8-9,14-15H,2-7H2,1H3. The lowest BCUT2D eigenvalue weighted by Gasteiger charge is -2.24. The van der Waals surface area contributed by atoms with Gasteiger partial charge in [-0.05, 0) is 42.2 Å². The number of aryl methyl sites for hydroxylation is 1. The molecule has 2 N–H and O–H groups in total. The van der Waals surface area contributed by atoms with Crippen molar-refractivity contribution >= 4 is 21.6 Å². The maximum Gasteiger partial charge on any atom is 0.283 e. The first kappa shape index (κ1) is 13.5. The molecule has 100 valence electrons. The molecule has 2 heterocycles. The highest BCUT2D eigenvalue weighted by Gasteiger charge is 2.13. The molecule has 0 amide bonds. The second-order valence-corrected chi connectivity index (χ2v) is 5.31. The average molecular weight is 315 g/mol. The topological polar surface area (TPSA) is 59.0 Å². The van der Waals surface area contributed by atoms with Crippen molar-refractivity contribution in [2.75, 3.05) is 18.4 Å².